The smallest absolute Gasteiger partial charge is 0.332 e. The van der Waals surface area contributed by atoms with Crippen molar-refractivity contribution in [2.45, 2.75) is 39.4 Å². The maximum absolute atomic E-state index is 11.5. The monoisotopic (exact) mass is 309 g/mol. The molecule has 1 aromatic rings. The number of carbonyl (C=O) groups excluding carboxylic acids is 1. The van der Waals surface area contributed by atoms with E-state index in [4.69, 9.17) is 14.6 Å². The van der Waals surface area contributed by atoms with Crippen LogP contribution >= 0.6 is 0 Å². The van der Waals surface area contributed by atoms with E-state index in [0.717, 1.165) is 11.3 Å². The summed E-state index contributed by atoms with van der Waals surface area (Å²) in [5, 5.41) is 11.8. The van der Waals surface area contributed by atoms with Gasteiger partial charge in [0, 0.05) is 12.7 Å². The zero-order valence-electron chi connectivity index (χ0n) is 13.4. The molecule has 0 amide bonds. The lowest BCUT2D eigenvalue weighted by atomic mass is 10.1. The molecule has 0 aromatic heterocycles. The first-order valence-electron chi connectivity index (χ1n) is 7.01. The number of carboxylic acid groups (broad SMARTS) is 1. The van der Waals surface area contributed by atoms with Crippen LogP contribution in [0.5, 0.6) is 0 Å². The minimum absolute atomic E-state index is 0.0609. The predicted octanol–water partition coefficient (Wildman–Crippen LogP) is 2.21. The number of nitrogens with one attached hydrogen (secondary N) is 1. The molecule has 0 fully saturated rings. The summed E-state index contributed by atoms with van der Waals surface area (Å²) in [6, 6.07) is 5.37. The molecule has 0 aliphatic heterocycles. The molecule has 0 bridgehead atoms. The second-order valence-corrected chi connectivity index (χ2v) is 5.94. The second-order valence-electron chi connectivity index (χ2n) is 5.94. The van der Waals surface area contributed by atoms with Gasteiger partial charge in [-0.05, 0) is 44.0 Å². The van der Waals surface area contributed by atoms with Gasteiger partial charge < -0.3 is 19.9 Å². The van der Waals surface area contributed by atoms with E-state index in [9.17, 15) is 9.59 Å². The van der Waals surface area contributed by atoms with Crippen LogP contribution in [0, 0.1) is 0 Å². The van der Waals surface area contributed by atoms with Crippen molar-refractivity contribution in [1.82, 2.24) is 0 Å². The molecule has 0 aliphatic carbocycles. The van der Waals surface area contributed by atoms with E-state index >= 15 is 0 Å². The van der Waals surface area contributed by atoms with E-state index in [0.29, 0.717) is 5.56 Å². The number of anilines is 1. The molecular weight excluding hydrogens is 286 g/mol. The number of esters is 1. The van der Waals surface area contributed by atoms with Crippen molar-refractivity contribution >= 4 is 17.6 Å². The number of carbonyl (C=O) groups is 2. The van der Waals surface area contributed by atoms with Gasteiger partial charge in [0.25, 0.3) is 0 Å². The quantitative estimate of drug-likeness (QED) is 0.751. The van der Waals surface area contributed by atoms with Gasteiger partial charge in [-0.2, -0.15) is 0 Å². The lowest BCUT2D eigenvalue weighted by molar-refractivity contribution is -0.160. The van der Waals surface area contributed by atoms with Crippen LogP contribution in [0.25, 0.3) is 0 Å². The highest BCUT2D eigenvalue weighted by Gasteiger charge is 2.16. The van der Waals surface area contributed by atoms with Crippen molar-refractivity contribution in [3.63, 3.8) is 0 Å². The summed E-state index contributed by atoms with van der Waals surface area (Å²) in [5.74, 6) is -1.32. The van der Waals surface area contributed by atoms with Crippen LogP contribution in [0.3, 0.4) is 0 Å². The standard InChI is InChI=1S/C16H23NO5/c1-16(2,3)22-15(20)10-21-9-12-5-11(8-14(18)19)6-13(7-12)17-4/h5-7,17H,8-10H2,1-4H3,(H,18,19). The van der Waals surface area contributed by atoms with Crippen molar-refractivity contribution in [1.29, 1.82) is 0 Å². The van der Waals surface area contributed by atoms with Gasteiger partial charge in [-0.15, -0.1) is 0 Å². The third kappa shape index (κ3) is 7.08. The number of ether oxygens (including phenoxy) is 2. The molecule has 0 saturated heterocycles. The SMILES string of the molecule is CNc1cc(COCC(=O)OC(C)(C)C)cc(CC(=O)O)c1. The Balaban J connectivity index is 2.61. The highest BCUT2D eigenvalue weighted by molar-refractivity contribution is 5.71. The molecule has 0 aliphatic rings. The third-order valence-corrected chi connectivity index (χ3v) is 2.61. The highest BCUT2D eigenvalue weighted by Crippen LogP contribution is 2.16. The molecule has 6 nitrogen and oxygen atoms in total. The average Bonchev–Trinajstić information content (AvgIpc) is 2.35. The van der Waals surface area contributed by atoms with Gasteiger partial charge in [0.05, 0.1) is 13.0 Å². The van der Waals surface area contributed by atoms with Gasteiger partial charge in [0.15, 0.2) is 0 Å². The maximum atomic E-state index is 11.5. The normalized spacial score (nSPS) is 11.1. The van der Waals surface area contributed by atoms with Crippen LogP contribution in [0.2, 0.25) is 0 Å². The minimum Gasteiger partial charge on any atom is -0.481 e. The Morgan fingerprint density at radius 2 is 1.82 bits per heavy atom. The number of carboxylic acids is 1. The lowest BCUT2D eigenvalue weighted by Crippen LogP contribution is -2.26. The average molecular weight is 309 g/mol. The van der Waals surface area contributed by atoms with Crippen LogP contribution in [0.1, 0.15) is 31.9 Å². The van der Waals surface area contributed by atoms with Crippen LogP contribution in [0.4, 0.5) is 5.69 Å². The fraction of sp³-hybridized carbons (Fsp3) is 0.500. The van der Waals surface area contributed by atoms with E-state index < -0.39 is 17.5 Å². The van der Waals surface area contributed by atoms with E-state index in [2.05, 4.69) is 5.32 Å². The molecule has 0 atom stereocenters. The Kier molecular flexibility index (Phi) is 6.37. The van der Waals surface area contributed by atoms with Crippen molar-refractivity contribution in [2.24, 2.45) is 0 Å². The van der Waals surface area contributed by atoms with Gasteiger partial charge in [-0.3, -0.25) is 4.79 Å². The number of aliphatic carboxylic acids is 1. The van der Waals surface area contributed by atoms with Gasteiger partial charge in [0.1, 0.15) is 12.2 Å². The Morgan fingerprint density at radius 1 is 1.18 bits per heavy atom. The Labute approximate surface area is 130 Å². The van der Waals surface area contributed by atoms with Gasteiger partial charge in [-0.25, -0.2) is 4.79 Å². The largest absolute Gasteiger partial charge is 0.481 e. The first-order chi connectivity index (χ1) is 10.2. The summed E-state index contributed by atoms with van der Waals surface area (Å²) in [6.07, 6.45) is -0.0609. The second kappa shape index (κ2) is 7.79. The first-order valence-corrected chi connectivity index (χ1v) is 7.01. The summed E-state index contributed by atoms with van der Waals surface area (Å²) in [7, 11) is 1.76. The summed E-state index contributed by atoms with van der Waals surface area (Å²) in [6.45, 7) is 5.44. The predicted molar refractivity (Wildman–Crippen MR) is 82.8 cm³/mol. The number of benzene rings is 1. The summed E-state index contributed by atoms with van der Waals surface area (Å²) >= 11 is 0. The van der Waals surface area contributed by atoms with Crippen molar-refractivity contribution < 1.29 is 24.2 Å². The van der Waals surface area contributed by atoms with Gasteiger partial charge >= 0.3 is 11.9 Å². The molecule has 0 saturated carbocycles. The zero-order valence-corrected chi connectivity index (χ0v) is 13.4. The zero-order chi connectivity index (χ0) is 16.8. The Bertz CT molecular complexity index is 534. The number of hydrogen-bond donors (Lipinski definition) is 2. The third-order valence-electron chi connectivity index (χ3n) is 2.61. The lowest BCUT2D eigenvalue weighted by Gasteiger charge is -2.19. The van der Waals surface area contributed by atoms with Crippen LogP contribution in [0.15, 0.2) is 18.2 Å². The molecular formula is C16H23NO5. The summed E-state index contributed by atoms with van der Waals surface area (Å²) in [4.78, 5) is 22.4. The van der Waals surface area contributed by atoms with Crippen molar-refractivity contribution in [2.75, 3.05) is 19.0 Å². The number of rotatable bonds is 7. The van der Waals surface area contributed by atoms with Crippen LogP contribution < -0.4 is 5.32 Å². The van der Waals surface area contributed by atoms with Gasteiger partial charge in [0.2, 0.25) is 0 Å². The molecule has 122 valence electrons. The van der Waals surface area contributed by atoms with Crippen LogP contribution in [-0.2, 0) is 32.1 Å². The summed E-state index contributed by atoms with van der Waals surface area (Å²) in [5.41, 5.74) is 1.73. The van der Waals surface area contributed by atoms with E-state index in [1.165, 1.54) is 0 Å². The van der Waals surface area contributed by atoms with Crippen molar-refractivity contribution in [3.05, 3.63) is 29.3 Å². The van der Waals surface area contributed by atoms with Crippen LogP contribution in [-0.4, -0.2) is 36.3 Å². The maximum Gasteiger partial charge on any atom is 0.332 e. The Morgan fingerprint density at radius 3 is 2.36 bits per heavy atom. The number of hydrogen-bond acceptors (Lipinski definition) is 5. The fourth-order valence-corrected chi connectivity index (χ4v) is 1.89. The van der Waals surface area contributed by atoms with E-state index in [1.54, 1.807) is 40.0 Å². The fourth-order valence-electron chi connectivity index (χ4n) is 1.89. The molecule has 6 heteroatoms. The summed E-state index contributed by atoms with van der Waals surface area (Å²) < 4.78 is 10.5. The molecule has 2 N–H and O–H groups in total. The minimum atomic E-state index is -0.895. The molecule has 22 heavy (non-hydrogen) atoms. The Hall–Kier alpha value is -2.08. The molecule has 0 radical (unpaired) electrons. The molecule has 0 spiro atoms. The van der Waals surface area contributed by atoms with E-state index in [-0.39, 0.29) is 19.6 Å². The van der Waals surface area contributed by atoms with Crippen molar-refractivity contribution in [3.8, 4) is 0 Å². The van der Waals surface area contributed by atoms with E-state index in [1.807, 2.05) is 6.07 Å². The topological polar surface area (TPSA) is 84.9 Å². The first kappa shape index (κ1) is 18.0. The van der Waals surface area contributed by atoms with Gasteiger partial charge in [-0.1, -0.05) is 6.07 Å². The molecule has 0 unspecified atom stereocenters. The molecule has 1 aromatic carbocycles. The highest BCUT2D eigenvalue weighted by atomic mass is 16.6. The molecule has 1 rings (SSSR count). The molecule has 0 heterocycles.